The number of carbonyl (C=O) groups excluding carboxylic acids is 1. The van der Waals surface area contributed by atoms with Gasteiger partial charge in [-0.25, -0.2) is 10.4 Å². The van der Waals surface area contributed by atoms with Crippen LogP contribution >= 0.6 is 11.3 Å². The molecule has 0 saturated heterocycles. The van der Waals surface area contributed by atoms with E-state index >= 15 is 0 Å². The zero-order valence-corrected chi connectivity index (χ0v) is 19.1. The van der Waals surface area contributed by atoms with E-state index in [0.717, 1.165) is 11.9 Å². The minimum Gasteiger partial charge on any atom is -0.496 e. The lowest BCUT2D eigenvalue weighted by molar-refractivity contribution is 0.0956. The summed E-state index contributed by atoms with van der Waals surface area (Å²) in [5, 5.41) is 2.14. The molecule has 1 aromatic carbocycles. The van der Waals surface area contributed by atoms with E-state index in [1.54, 1.807) is 45.5 Å². The monoisotopic (exact) mass is 453 g/mol. The summed E-state index contributed by atoms with van der Waals surface area (Å²) in [6.45, 7) is 5.72. The number of ketones is 1. The first-order chi connectivity index (χ1) is 14.2. The molecule has 30 heavy (non-hydrogen) atoms. The third kappa shape index (κ3) is 5.85. The highest BCUT2D eigenvalue weighted by Gasteiger charge is 2.21. The van der Waals surface area contributed by atoms with E-state index in [0.29, 0.717) is 41.3 Å². The van der Waals surface area contributed by atoms with Crippen LogP contribution in [0.1, 0.15) is 39.3 Å². The Morgan fingerprint density at radius 3 is 2.73 bits per heavy atom. The third-order valence-electron chi connectivity index (χ3n) is 4.61. The number of rotatable bonds is 11. The maximum atomic E-state index is 12.6. The molecule has 4 N–H and O–H groups in total. The fraction of sp³-hybridized carbons (Fsp3) is 0.421. The van der Waals surface area contributed by atoms with Crippen molar-refractivity contribution in [2.75, 3.05) is 13.7 Å². The van der Waals surface area contributed by atoms with Gasteiger partial charge in [-0.3, -0.25) is 4.79 Å². The number of ether oxygens (including phenoxy) is 1. The van der Waals surface area contributed by atoms with Crippen LogP contribution in [0.3, 0.4) is 0 Å². The molecule has 1 aromatic heterocycles. The Balaban J connectivity index is 1.84. The van der Waals surface area contributed by atoms with E-state index in [-0.39, 0.29) is 10.7 Å². The highest BCUT2D eigenvalue weighted by Crippen LogP contribution is 2.31. The summed E-state index contributed by atoms with van der Waals surface area (Å²) < 4.78 is 34.2. The maximum Gasteiger partial charge on any atom is 0.284 e. The summed E-state index contributed by atoms with van der Waals surface area (Å²) in [5.41, 5.74) is 13.3. The van der Waals surface area contributed by atoms with Crippen LogP contribution < -0.4 is 21.3 Å². The molecule has 164 valence electrons. The number of hydrazine groups is 1. The average molecular weight is 454 g/mol. The van der Waals surface area contributed by atoms with Gasteiger partial charge in [0, 0.05) is 18.1 Å². The Morgan fingerprint density at radius 1 is 1.37 bits per heavy atom. The molecule has 0 aliphatic carbocycles. The minimum absolute atomic E-state index is 0.172. The number of thiazole rings is 1. The van der Waals surface area contributed by atoms with Gasteiger partial charge in [0.15, 0.2) is 5.01 Å². The second-order valence-electron chi connectivity index (χ2n) is 6.71. The molecular formula is C19H27N5O4S2. The fourth-order valence-electron chi connectivity index (χ4n) is 2.94. The molecule has 2 aromatic rings. The molecule has 0 radical (unpaired) electrons. The van der Waals surface area contributed by atoms with Gasteiger partial charge in [-0.2, -0.15) is 8.42 Å². The number of hydrogen-bond acceptors (Lipinski definition) is 8. The lowest BCUT2D eigenvalue weighted by Crippen LogP contribution is -2.34. The molecule has 0 amide bonds. The van der Waals surface area contributed by atoms with E-state index in [1.165, 1.54) is 11.3 Å². The lowest BCUT2D eigenvalue weighted by atomic mass is 10.1. The van der Waals surface area contributed by atoms with Crippen molar-refractivity contribution in [3.8, 4) is 5.75 Å². The standard InChI is InChI=1S/C19H27N5O4S2/c1-12-10-16(28-4)13(2)14(3)18(12)30(26,27)24-11-23-22-7-5-6-15(20)17(25)19-21-8-9-29-19/h8-11,15,22H,5-7,20H2,1-4H3,(H,23,24)/t15-/m1/s1. The Kier molecular flexibility index (Phi) is 8.47. The number of methoxy groups -OCH3 is 1. The number of nitrogens with one attached hydrogen (secondary N) is 2. The Bertz CT molecular complexity index is 1000. The van der Waals surface area contributed by atoms with Gasteiger partial charge in [0.2, 0.25) is 5.78 Å². The van der Waals surface area contributed by atoms with Crippen LogP contribution in [-0.2, 0) is 10.0 Å². The van der Waals surface area contributed by atoms with Gasteiger partial charge in [-0.15, -0.1) is 15.7 Å². The Labute approximate surface area is 180 Å². The van der Waals surface area contributed by atoms with E-state index in [9.17, 15) is 13.2 Å². The van der Waals surface area contributed by atoms with E-state index in [1.807, 2.05) is 0 Å². The fourth-order valence-corrected chi connectivity index (χ4v) is 4.88. The van der Waals surface area contributed by atoms with Crippen molar-refractivity contribution in [3.63, 3.8) is 0 Å². The summed E-state index contributed by atoms with van der Waals surface area (Å²) in [6.07, 6.45) is 3.75. The number of aromatic nitrogens is 1. The predicted octanol–water partition coefficient (Wildman–Crippen LogP) is 1.88. The van der Waals surface area contributed by atoms with Crippen molar-refractivity contribution in [3.05, 3.63) is 39.3 Å². The normalized spacial score (nSPS) is 12.8. The van der Waals surface area contributed by atoms with Gasteiger partial charge >= 0.3 is 0 Å². The smallest absolute Gasteiger partial charge is 0.284 e. The molecule has 9 nitrogen and oxygen atoms in total. The van der Waals surface area contributed by atoms with Crippen molar-refractivity contribution >= 4 is 33.5 Å². The molecule has 2 rings (SSSR count). The zero-order valence-electron chi connectivity index (χ0n) is 17.4. The zero-order chi connectivity index (χ0) is 22.3. The molecule has 0 aliphatic rings. The van der Waals surface area contributed by atoms with Crippen molar-refractivity contribution < 1.29 is 17.9 Å². The maximum absolute atomic E-state index is 12.6. The number of sulfonamides is 1. The number of benzene rings is 1. The van der Waals surface area contributed by atoms with Gasteiger partial charge in [0.05, 0.1) is 18.0 Å². The van der Waals surface area contributed by atoms with E-state index < -0.39 is 16.1 Å². The van der Waals surface area contributed by atoms with E-state index in [4.69, 9.17) is 10.5 Å². The van der Waals surface area contributed by atoms with Gasteiger partial charge in [-0.1, -0.05) is 0 Å². The Hall–Kier alpha value is -2.34. The van der Waals surface area contributed by atoms with Gasteiger partial charge < -0.3 is 15.9 Å². The number of carbonyl (C=O) groups is 1. The number of hydrogen-bond donors (Lipinski definition) is 3. The van der Waals surface area contributed by atoms with E-state index in [2.05, 4.69) is 20.2 Å². The van der Waals surface area contributed by atoms with Crippen molar-refractivity contribution in [1.29, 1.82) is 0 Å². The lowest BCUT2D eigenvalue weighted by Gasteiger charge is -2.14. The highest BCUT2D eigenvalue weighted by atomic mass is 32.2. The molecule has 0 bridgehead atoms. The molecule has 11 heteroatoms. The predicted molar refractivity (Wildman–Crippen MR) is 118 cm³/mol. The summed E-state index contributed by atoms with van der Waals surface area (Å²) in [4.78, 5) is 16.2. The quantitative estimate of drug-likeness (QED) is 0.154. The molecule has 0 unspecified atom stereocenters. The number of aryl methyl sites for hydroxylation is 1. The molecule has 1 atom stereocenters. The van der Waals surface area contributed by atoms with Gasteiger partial charge in [0.25, 0.3) is 10.0 Å². The largest absolute Gasteiger partial charge is 0.496 e. The number of nitrogens with two attached hydrogens (primary N) is 1. The van der Waals surface area contributed by atoms with Gasteiger partial charge in [0.1, 0.15) is 12.1 Å². The topological polar surface area (TPSA) is 136 Å². The molecule has 0 fully saturated rings. The summed E-state index contributed by atoms with van der Waals surface area (Å²) >= 11 is 1.26. The summed E-state index contributed by atoms with van der Waals surface area (Å²) in [5.74, 6) is 0.463. The van der Waals surface area contributed by atoms with Crippen LogP contribution in [0, 0.1) is 20.8 Å². The van der Waals surface area contributed by atoms with Crippen LogP contribution in [0.4, 0.5) is 0 Å². The second-order valence-corrected chi connectivity index (χ2v) is 9.17. The first-order valence-electron chi connectivity index (χ1n) is 9.30. The molecular weight excluding hydrogens is 426 g/mol. The second kappa shape index (κ2) is 10.6. The van der Waals surface area contributed by atoms with Crippen LogP contribution in [0.5, 0.6) is 5.75 Å². The van der Waals surface area contributed by atoms with Gasteiger partial charge in [-0.05, 0) is 56.4 Å². The van der Waals surface area contributed by atoms with Crippen LogP contribution in [0.2, 0.25) is 0 Å². The molecule has 1 heterocycles. The van der Waals surface area contributed by atoms with Crippen molar-refractivity contribution in [2.45, 2.75) is 44.6 Å². The van der Waals surface area contributed by atoms with Crippen LogP contribution in [0.15, 0.2) is 26.9 Å². The van der Waals surface area contributed by atoms with Crippen molar-refractivity contribution in [1.82, 2.24) is 15.8 Å². The third-order valence-corrected chi connectivity index (χ3v) is 6.93. The average Bonchev–Trinajstić information content (AvgIpc) is 3.23. The molecule has 0 spiro atoms. The number of nitrogens with zero attached hydrogens (tertiary/aromatic N) is 2. The molecule has 0 saturated carbocycles. The Morgan fingerprint density at radius 2 is 2.10 bits per heavy atom. The summed E-state index contributed by atoms with van der Waals surface area (Å²) in [7, 11) is -2.32. The molecule has 0 aliphatic heterocycles. The number of Topliss-reactive ketones (excluding diaryl/α,β-unsaturated/α-hetero) is 1. The first kappa shape index (κ1) is 23.9. The highest BCUT2D eigenvalue weighted by molar-refractivity contribution is 7.90. The minimum atomic E-state index is -3.87. The summed E-state index contributed by atoms with van der Waals surface area (Å²) in [6, 6.07) is 1.07. The first-order valence-corrected chi connectivity index (χ1v) is 11.6. The van der Waals surface area contributed by atoms with Crippen LogP contribution in [-0.4, -0.2) is 45.2 Å². The SMILES string of the molecule is COc1cc(C)c(S(=O)(=O)N=CNNCCC[C@@H](N)C(=O)c2nccs2)c(C)c1C. The van der Waals surface area contributed by atoms with Crippen molar-refractivity contribution in [2.24, 2.45) is 10.1 Å². The van der Waals surface area contributed by atoms with Crippen LogP contribution in [0.25, 0.3) is 0 Å².